The molecule has 1 aliphatic rings. The van der Waals surface area contributed by atoms with E-state index in [-0.39, 0.29) is 0 Å². The molecule has 0 amide bonds. The fourth-order valence-corrected chi connectivity index (χ4v) is 2.65. The number of aromatic nitrogens is 1. The molecule has 0 radical (unpaired) electrons. The SMILES string of the molecule is ONCc1ccc2[nH]c3c(c2c1)CCCC3. The van der Waals surface area contributed by atoms with Crippen molar-refractivity contribution in [3.63, 3.8) is 0 Å². The van der Waals surface area contributed by atoms with Crippen LogP contribution in [0.25, 0.3) is 10.9 Å². The molecule has 0 fully saturated rings. The molecule has 3 N–H and O–H groups in total. The Balaban J connectivity index is 2.13. The predicted octanol–water partition coefficient (Wildman–Crippen LogP) is 2.53. The van der Waals surface area contributed by atoms with Gasteiger partial charge in [-0.2, -0.15) is 0 Å². The molecule has 0 bridgehead atoms. The first-order valence-corrected chi connectivity index (χ1v) is 5.88. The molecular formula is C13H16N2O. The van der Waals surface area contributed by atoms with Crippen molar-refractivity contribution >= 4 is 10.9 Å². The van der Waals surface area contributed by atoms with Gasteiger partial charge in [-0.25, -0.2) is 5.48 Å². The van der Waals surface area contributed by atoms with E-state index in [1.807, 2.05) is 6.07 Å². The van der Waals surface area contributed by atoms with Crippen LogP contribution in [0, 0.1) is 0 Å². The van der Waals surface area contributed by atoms with Crippen LogP contribution in [0.2, 0.25) is 0 Å². The number of rotatable bonds is 2. The second-order valence-electron chi connectivity index (χ2n) is 4.50. The third-order valence-corrected chi connectivity index (χ3v) is 3.45. The quantitative estimate of drug-likeness (QED) is 0.675. The summed E-state index contributed by atoms with van der Waals surface area (Å²) < 4.78 is 0. The Morgan fingerprint density at radius 2 is 2.12 bits per heavy atom. The summed E-state index contributed by atoms with van der Waals surface area (Å²) in [6, 6.07) is 6.34. The largest absolute Gasteiger partial charge is 0.358 e. The van der Waals surface area contributed by atoms with Crippen LogP contribution in [-0.4, -0.2) is 10.2 Å². The number of fused-ring (bicyclic) bond motifs is 3. The first kappa shape index (κ1) is 9.87. The van der Waals surface area contributed by atoms with Crippen molar-refractivity contribution in [1.29, 1.82) is 0 Å². The Hall–Kier alpha value is -1.32. The molecule has 1 aromatic carbocycles. The zero-order valence-corrected chi connectivity index (χ0v) is 9.21. The van der Waals surface area contributed by atoms with Crippen molar-refractivity contribution in [2.24, 2.45) is 0 Å². The lowest BCUT2D eigenvalue weighted by Gasteiger charge is -2.10. The Labute approximate surface area is 94.4 Å². The summed E-state index contributed by atoms with van der Waals surface area (Å²) in [6.45, 7) is 0.510. The number of H-pyrrole nitrogens is 1. The number of benzene rings is 1. The smallest absolute Gasteiger partial charge is 0.0459 e. The summed E-state index contributed by atoms with van der Waals surface area (Å²) in [5.74, 6) is 0. The lowest BCUT2D eigenvalue weighted by Crippen LogP contribution is -2.05. The molecule has 3 heteroatoms. The summed E-state index contributed by atoms with van der Waals surface area (Å²) in [4.78, 5) is 3.50. The minimum atomic E-state index is 0.510. The summed E-state index contributed by atoms with van der Waals surface area (Å²) in [6.07, 6.45) is 4.95. The Kier molecular flexibility index (Phi) is 2.42. The first-order valence-electron chi connectivity index (χ1n) is 5.88. The van der Waals surface area contributed by atoms with E-state index < -0.39 is 0 Å². The average molecular weight is 216 g/mol. The lowest BCUT2D eigenvalue weighted by molar-refractivity contribution is 0.161. The molecule has 1 aliphatic carbocycles. The predicted molar refractivity (Wildman–Crippen MR) is 63.6 cm³/mol. The van der Waals surface area contributed by atoms with Crippen molar-refractivity contribution in [3.05, 3.63) is 35.0 Å². The number of aryl methyl sites for hydroxylation is 2. The van der Waals surface area contributed by atoms with Crippen LogP contribution in [-0.2, 0) is 19.4 Å². The molecule has 3 nitrogen and oxygen atoms in total. The van der Waals surface area contributed by atoms with Crippen LogP contribution in [0.15, 0.2) is 18.2 Å². The van der Waals surface area contributed by atoms with Crippen LogP contribution in [0.3, 0.4) is 0 Å². The third kappa shape index (κ3) is 1.52. The Bertz CT molecular complexity index is 516. The molecule has 0 unspecified atom stereocenters. The molecule has 1 heterocycles. The average Bonchev–Trinajstić information content (AvgIpc) is 2.68. The molecule has 16 heavy (non-hydrogen) atoms. The highest BCUT2D eigenvalue weighted by molar-refractivity contribution is 5.85. The standard InChI is InChI=1S/C13H16N2O/c16-14-8-9-5-6-13-11(7-9)10-3-1-2-4-12(10)15-13/h5-7,14-16H,1-4,8H2. The van der Waals surface area contributed by atoms with Crippen molar-refractivity contribution in [3.8, 4) is 0 Å². The highest BCUT2D eigenvalue weighted by Crippen LogP contribution is 2.29. The van der Waals surface area contributed by atoms with Gasteiger partial charge in [0.25, 0.3) is 0 Å². The summed E-state index contributed by atoms with van der Waals surface area (Å²) in [5.41, 5.74) is 7.47. The summed E-state index contributed by atoms with van der Waals surface area (Å²) >= 11 is 0. The number of hydrogen-bond donors (Lipinski definition) is 3. The molecule has 0 saturated heterocycles. The van der Waals surface area contributed by atoms with E-state index in [0.29, 0.717) is 6.54 Å². The topological polar surface area (TPSA) is 48.0 Å². The minimum Gasteiger partial charge on any atom is -0.358 e. The molecular weight excluding hydrogens is 200 g/mol. The van der Waals surface area contributed by atoms with Crippen LogP contribution >= 0.6 is 0 Å². The Morgan fingerprint density at radius 1 is 1.25 bits per heavy atom. The van der Waals surface area contributed by atoms with Gasteiger partial charge in [-0.15, -0.1) is 0 Å². The third-order valence-electron chi connectivity index (χ3n) is 3.45. The summed E-state index contributed by atoms with van der Waals surface area (Å²) in [7, 11) is 0. The van der Waals surface area contributed by atoms with E-state index in [2.05, 4.69) is 22.6 Å². The van der Waals surface area contributed by atoms with E-state index >= 15 is 0 Å². The number of nitrogens with one attached hydrogen (secondary N) is 2. The molecule has 3 rings (SSSR count). The minimum absolute atomic E-state index is 0.510. The van der Waals surface area contributed by atoms with Gasteiger partial charge in [0.2, 0.25) is 0 Å². The van der Waals surface area contributed by atoms with Gasteiger partial charge in [-0.3, -0.25) is 0 Å². The fraction of sp³-hybridized carbons (Fsp3) is 0.385. The maximum absolute atomic E-state index is 8.72. The molecule has 0 saturated carbocycles. The fourth-order valence-electron chi connectivity index (χ4n) is 2.65. The van der Waals surface area contributed by atoms with E-state index in [1.165, 1.54) is 47.8 Å². The first-order chi connectivity index (χ1) is 7.88. The lowest BCUT2D eigenvalue weighted by atomic mass is 9.95. The number of hydrogen-bond acceptors (Lipinski definition) is 2. The van der Waals surface area contributed by atoms with Gasteiger partial charge >= 0.3 is 0 Å². The molecule has 0 spiro atoms. The van der Waals surface area contributed by atoms with E-state index in [0.717, 1.165) is 5.56 Å². The van der Waals surface area contributed by atoms with Gasteiger partial charge in [0, 0.05) is 23.1 Å². The summed E-state index contributed by atoms with van der Waals surface area (Å²) in [5, 5.41) is 10.1. The highest BCUT2D eigenvalue weighted by atomic mass is 16.5. The zero-order valence-electron chi connectivity index (χ0n) is 9.21. The van der Waals surface area contributed by atoms with Crippen molar-refractivity contribution in [1.82, 2.24) is 10.5 Å². The van der Waals surface area contributed by atoms with Crippen molar-refractivity contribution in [2.75, 3.05) is 0 Å². The molecule has 2 aromatic rings. The Morgan fingerprint density at radius 3 is 3.00 bits per heavy atom. The number of hydroxylamine groups is 1. The van der Waals surface area contributed by atoms with E-state index in [1.54, 1.807) is 0 Å². The normalized spacial score (nSPS) is 15.3. The van der Waals surface area contributed by atoms with Crippen LogP contribution in [0.1, 0.15) is 29.7 Å². The van der Waals surface area contributed by atoms with Gasteiger partial charge in [0.1, 0.15) is 0 Å². The van der Waals surface area contributed by atoms with Crippen molar-refractivity contribution < 1.29 is 5.21 Å². The van der Waals surface area contributed by atoms with E-state index in [4.69, 9.17) is 5.21 Å². The number of aromatic amines is 1. The van der Waals surface area contributed by atoms with Crippen LogP contribution < -0.4 is 5.48 Å². The second kappa shape index (κ2) is 3.92. The maximum atomic E-state index is 8.72. The zero-order chi connectivity index (χ0) is 11.0. The monoisotopic (exact) mass is 216 g/mol. The van der Waals surface area contributed by atoms with Crippen LogP contribution in [0.4, 0.5) is 0 Å². The maximum Gasteiger partial charge on any atom is 0.0459 e. The van der Waals surface area contributed by atoms with E-state index in [9.17, 15) is 0 Å². The molecule has 0 atom stereocenters. The van der Waals surface area contributed by atoms with Gasteiger partial charge in [-0.1, -0.05) is 6.07 Å². The molecule has 0 aliphatic heterocycles. The second-order valence-corrected chi connectivity index (χ2v) is 4.50. The van der Waals surface area contributed by atoms with Crippen LogP contribution in [0.5, 0.6) is 0 Å². The molecule has 1 aromatic heterocycles. The van der Waals surface area contributed by atoms with Gasteiger partial charge in [-0.05, 0) is 48.9 Å². The highest BCUT2D eigenvalue weighted by Gasteiger charge is 2.15. The van der Waals surface area contributed by atoms with Crippen molar-refractivity contribution in [2.45, 2.75) is 32.2 Å². The van der Waals surface area contributed by atoms with Gasteiger partial charge in [0.15, 0.2) is 0 Å². The van der Waals surface area contributed by atoms with Gasteiger partial charge < -0.3 is 10.2 Å². The van der Waals surface area contributed by atoms with Gasteiger partial charge in [0.05, 0.1) is 0 Å². The molecule has 84 valence electrons.